The first kappa shape index (κ1) is 26.4. The molecular formula is C31H31N3O4. The van der Waals surface area contributed by atoms with Crippen LogP contribution in [0.25, 0.3) is 0 Å². The normalized spacial score (nSPS) is 11.3. The molecule has 1 heterocycles. The van der Waals surface area contributed by atoms with Gasteiger partial charge >= 0.3 is 0 Å². The maximum absolute atomic E-state index is 13.7. The number of rotatable bonds is 12. The summed E-state index contributed by atoms with van der Waals surface area (Å²) in [6.07, 6.45) is 3.73. The number of aromatic nitrogens is 1. The highest BCUT2D eigenvalue weighted by Gasteiger charge is 2.30. The Labute approximate surface area is 223 Å². The third kappa shape index (κ3) is 7.67. The summed E-state index contributed by atoms with van der Waals surface area (Å²) in [4.78, 5) is 32.9. The minimum atomic E-state index is -0.756. The Bertz CT molecular complexity index is 1280. The fourth-order valence-electron chi connectivity index (χ4n) is 4.03. The van der Waals surface area contributed by atoms with Crippen LogP contribution < -0.4 is 14.8 Å². The Kier molecular flexibility index (Phi) is 9.45. The van der Waals surface area contributed by atoms with Crippen molar-refractivity contribution >= 4 is 11.8 Å². The lowest BCUT2D eigenvalue weighted by molar-refractivity contribution is -0.142. The van der Waals surface area contributed by atoms with Crippen molar-refractivity contribution in [1.29, 1.82) is 0 Å². The van der Waals surface area contributed by atoms with Gasteiger partial charge in [-0.3, -0.25) is 14.6 Å². The van der Waals surface area contributed by atoms with Crippen molar-refractivity contribution in [2.24, 2.45) is 0 Å². The third-order valence-electron chi connectivity index (χ3n) is 6.10. The van der Waals surface area contributed by atoms with E-state index >= 15 is 0 Å². The molecule has 3 aromatic carbocycles. The minimum absolute atomic E-state index is 0.191. The number of carbonyl (C=O) groups is 2. The van der Waals surface area contributed by atoms with E-state index in [2.05, 4.69) is 10.3 Å². The molecule has 0 aliphatic rings. The number of amides is 2. The van der Waals surface area contributed by atoms with Crippen LogP contribution in [-0.4, -0.2) is 41.5 Å². The highest BCUT2D eigenvalue weighted by molar-refractivity contribution is 5.88. The van der Waals surface area contributed by atoms with Gasteiger partial charge in [-0.1, -0.05) is 60.7 Å². The number of nitrogens with one attached hydrogen (secondary N) is 1. The van der Waals surface area contributed by atoms with Crippen LogP contribution >= 0.6 is 0 Å². The Morgan fingerprint density at radius 2 is 1.45 bits per heavy atom. The Balaban J connectivity index is 1.60. The predicted molar refractivity (Wildman–Crippen MR) is 145 cm³/mol. The van der Waals surface area contributed by atoms with Gasteiger partial charge in [-0.05, 0) is 53.1 Å². The molecule has 38 heavy (non-hydrogen) atoms. The fourth-order valence-corrected chi connectivity index (χ4v) is 4.03. The van der Waals surface area contributed by atoms with Crippen LogP contribution in [0.3, 0.4) is 0 Å². The number of hydrogen-bond acceptors (Lipinski definition) is 5. The molecule has 0 bridgehead atoms. The number of pyridine rings is 1. The van der Waals surface area contributed by atoms with Crippen molar-refractivity contribution in [1.82, 2.24) is 15.2 Å². The summed E-state index contributed by atoms with van der Waals surface area (Å²) >= 11 is 0. The Morgan fingerprint density at radius 3 is 2.11 bits per heavy atom. The molecule has 1 atom stereocenters. The number of para-hydroxylation sites is 1. The molecule has 0 radical (unpaired) electrons. The molecular weight excluding hydrogens is 478 g/mol. The molecule has 4 aromatic rings. The molecule has 0 saturated heterocycles. The second kappa shape index (κ2) is 13.6. The van der Waals surface area contributed by atoms with E-state index in [1.165, 1.54) is 0 Å². The Morgan fingerprint density at radius 1 is 0.789 bits per heavy atom. The van der Waals surface area contributed by atoms with E-state index in [-0.39, 0.29) is 25.0 Å². The van der Waals surface area contributed by atoms with Gasteiger partial charge in [-0.15, -0.1) is 0 Å². The lowest BCUT2D eigenvalue weighted by atomic mass is 10.0. The molecule has 0 aliphatic heterocycles. The zero-order valence-electron chi connectivity index (χ0n) is 21.3. The summed E-state index contributed by atoms with van der Waals surface area (Å²) in [5.74, 6) is 0.777. The molecule has 1 unspecified atom stereocenters. The SMILES string of the molecule is COc1ccc(CN(C(=O)COc2ccccc2)C(Cc2ccccc2)C(=O)NCc2ccncc2)cc1. The molecule has 0 saturated carbocycles. The largest absolute Gasteiger partial charge is 0.497 e. The summed E-state index contributed by atoms with van der Waals surface area (Å²) < 4.78 is 11.1. The van der Waals surface area contributed by atoms with Gasteiger partial charge in [-0.25, -0.2) is 0 Å². The molecule has 0 spiro atoms. The van der Waals surface area contributed by atoms with Crippen LogP contribution in [0.1, 0.15) is 16.7 Å². The highest BCUT2D eigenvalue weighted by atomic mass is 16.5. The molecule has 194 valence electrons. The van der Waals surface area contributed by atoms with E-state index in [9.17, 15) is 9.59 Å². The maximum Gasteiger partial charge on any atom is 0.261 e. The lowest BCUT2D eigenvalue weighted by Gasteiger charge is -2.31. The summed E-state index contributed by atoms with van der Waals surface area (Å²) in [5, 5.41) is 3.01. The first-order valence-electron chi connectivity index (χ1n) is 12.4. The highest BCUT2D eigenvalue weighted by Crippen LogP contribution is 2.18. The van der Waals surface area contributed by atoms with E-state index in [1.807, 2.05) is 84.9 Å². The number of nitrogens with zero attached hydrogens (tertiary/aromatic N) is 2. The monoisotopic (exact) mass is 509 g/mol. The molecule has 2 amide bonds. The fraction of sp³-hybridized carbons (Fsp3) is 0.194. The van der Waals surface area contributed by atoms with Crippen LogP contribution in [-0.2, 0) is 29.1 Å². The van der Waals surface area contributed by atoms with E-state index in [0.29, 0.717) is 18.7 Å². The van der Waals surface area contributed by atoms with Gasteiger partial charge in [-0.2, -0.15) is 0 Å². The standard InChI is InChI=1S/C31H31N3O4/c1-37-27-14-12-26(13-15-27)22-34(30(35)23-38-28-10-6-3-7-11-28)29(20-24-8-4-2-5-9-24)31(36)33-21-25-16-18-32-19-17-25/h2-19,29H,20-23H2,1H3,(H,33,36). The molecule has 0 aliphatic carbocycles. The summed E-state index contributed by atoms with van der Waals surface area (Å²) in [6.45, 7) is 0.377. The Hall–Kier alpha value is -4.65. The number of carbonyl (C=O) groups excluding carboxylic acids is 2. The van der Waals surface area contributed by atoms with Gasteiger partial charge in [0.05, 0.1) is 7.11 Å². The van der Waals surface area contributed by atoms with Crippen LogP contribution in [0.4, 0.5) is 0 Å². The van der Waals surface area contributed by atoms with Crippen molar-refractivity contribution in [3.05, 3.63) is 126 Å². The predicted octanol–water partition coefficient (Wildman–Crippen LogP) is 4.43. The number of benzene rings is 3. The second-order valence-corrected chi connectivity index (χ2v) is 8.75. The molecule has 4 rings (SSSR count). The van der Waals surface area contributed by atoms with E-state index in [4.69, 9.17) is 9.47 Å². The van der Waals surface area contributed by atoms with E-state index < -0.39 is 6.04 Å². The molecule has 7 heteroatoms. The van der Waals surface area contributed by atoms with Crippen LogP contribution in [0.2, 0.25) is 0 Å². The van der Waals surface area contributed by atoms with Gasteiger partial charge in [0, 0.05) is 31.9 Å². The molecule has 1 N–H and O–H groups in total. The first-order chi connectivity index (χ1) is 18.6. The topological polar surface area (TPSA) is 80.8 Å². The zero-order valence-corrected chi connectivity index (χ0v) is 21.3. The van der Waals surface area contributed by atoms with Gasteiger partial charge in [0.1, 0.15) is 17.5 Å². The number of methoxy groups -OCH3 is 1. The summed E-state index contributed by atoms with van der Waals surface area (Å²) in [7, 11) is 1.61. The molecule has 1 aromatic heterocycles. The van der Waals surface area contributed by atoms with Crippen LogP contribution in [0, 0.1) is 0 Å². The molecule has 7 nitrogen and oxygen atoms in total. The lowest BCUT2D eigenvalue weighted by Crippen LogP contribution is -2.51. The van der Waals surface area contributed by atoms with Crippen molar-refractivity contribution in [3.8, 4) is 11.5 Å². The van der Waals surface area contributed by atoms with E-state index in [1.54, 1.807) is 36.5 Å². The third-order valence-corrected chi connectivity index (χ3v) is 6.10. The average molecular weight is 510 g/mol. The van der Waals surface area contributed by atoms with Crippen molar-refractivity contribution < 1.29 is 19.1 Å². The van der Waals surface area contributed by atoms with Crippen molar-refractivity contribution in [3.63, 3.8) is 0 Å². The van der Waals surface area contributed by atoms with Gasteiger partial charge in [0.25, 0.3) is 5.91 Å². The van der Waals surface area contributed by atoms with Crippen LogP contribution in [0.5, 0.6) is 11.5 Å². The average Bonchev–Trinajstić information content (AvgIpc) is 2.98. The smallest absolute Gasteiger partial charge is 0.261 e. The second-order valence-electron chi connectivity index (χ2n) is 8.75. The summed E-state index contributed by atoms with van der Waals surface area (Å²) in [6, 6.07) is 29.3. The number of ether oxygens (including phenoxy) is 2. The van der Waals surface area contributed by atoms with Crippen LogP contribution in [0.15, 0.2) is 109 Å². The summed E-state index contributed by atoms with van der Waals surface area (Å²) in [5.41, 5.74) is 2.75. The quantitative estimate of drug-likeness (QED) is 0.306. The van der Waals surface area contributed by atoms with Gasteiger partial charge < -0.3 is 19.7 Å². The zero-order chi connectivity index (χ0) is 26.6. The minimum Gasteiger partial charge on any atom is -0.497 e. The maximum atomic E-state index is 13.7. The number of hydrogen-bond donors (Lipinski definition) is 1. The van der Waals surface area contributed by atoms with Crippen molar-refractivity contribution in [2.45, 2.75) is 25.6 Å². The van der Waals surface area contributed by atoms with E-state index in [0.717, 1.165) is 22.4 Å². The van der Waals surface area contributed by atoms with Gasteiger partial charge in [0.15, 0.2) is 6.61 Å². The first-order valence-corrected chi connectivity index (χ1v) is 12.4. The van der Waals surface area contributed by atoms with Crippen molar-refractivity contribution in [2.75, 3.05) is 13.7 Å². The van der Waals surface area contributed by atoms with Gasteiger partial charge in [0.2, 0.25) is 5.91 Å². The molecule has 0 fully saturated rings.